The number of ether oxygens (including phenoxy) is 1. The van der Waals surface area contributed by atoms with E-state index in [1.54, 1.807) is 24.3 Å². The molecule has 5 heteroatoms. The van der Waals surface area contributed by atoms with Gasteiger partial charge in [-0.05, 0) is 60.2 Å². The van der Waals surface area contributed by atoms with Crippen LogP contribution in [-0.2, 0) is 11.2 Å². The molecule has 0 saturated carbocycles. The third kappa shape index (κ3) is 8.83. The Labute approximate surface area is 185 Å². The molecule has 0 aliphatic rings. The van der Waals surface area contributed by atoms with Gasteiger partial charge in [-0.25, -0.2) is 4.79 Å². The van der Waals surface area contributed by atoms with Crippen LogP contribution in [0.15, 0.2) is 42.5 Å². The Hall–Kier alpha value is -2.82. The van der Waals surface area contributed by atoms with Crippen molar-refractivity contribution >= 4 is 11.9 Å². The van der Waals surface area contributed by atoms with Gasteiger partial charge in [0.25, 0.3) is 0 Å². The summed E-state index contributed by atoms with van der Waals surface area (Å²) in [4.78, 5) is 22.0. The Morgan fingerprint density at radius 2 is 1.45 bits per heavy atom. The maximum Gasteiger partial charge on any atom is 0.335 e. The molecule has 31 heavy (non-hydrogen) atoms. The van der Waals surface area contributed by atoms with Gasteiger partial charge in [-0.3, -0.25) is 4.79 Å². The van der Waals surface area contributed by atoms with Crippen molar-refractivity contribution in [2.45, 2.75) is 71.1 Å². The van der Waals surface area contributed by atoms with Crippen molar-refractivity contribution in [3.8, 4) is 16.9 Å². The number of carbonyl (C=O) groups is 2. The molecule has 0 aliphatic carbocycles. The molecule has 0 amide bonds. The first kappa shape index (κ1) is 24.4. The Morgan fingerprint density at radius 1 is 0.806 bits per heavy atom. The first-order valence-electron chi connectivity index (χ1n) is 11.3. The molecule has 2 aromatic rings. The molecular formula is C26H34O5. The highest BCUT2D eigenvalue weighted by Crippen LogP contribution is 2.29. The van der Waals surface area contributed by atoms with Crippen LogP contribution in [-0.4, -0.2) is 28.8 Å². The number of aryl methyl sites for hydroxylation is 1. The lowest BCUT2D eigenvalue weighted by Crippen LogP contribution is -2.02. The number of aromatic carboxylic acids is 1. The summed E-state index contributed by atoms with van der Waals surface area (Å²) in [6.45, 7) is 2.88. The van der Waals surface area contributed by atoms with E-state index >= 15 is 0 Å². The second-order valence-corrected chi connectivity index (χ2v) is 7.92. The van der Waals surface area contributed by atoms with E-state index in [9.17, 15) is 9.59 Å². The van der Waals surface area contributed by atoms with E-state index in [0.717, 1.165) is 35.3 Å². The summed E-state index contributed by atoms with van der Waals surface area (Å²) < 4.78 is 6.04. The molecule has 0 spiro atoms. The highest BCUT2D eigenvalue weighted by molar-refractivity contribution is 5.88. The third-order valence-corrected chi connectivity index (χ3v) is 5.37. The molecule has 5 nitrogen and oxygen atoms in total. The fourth-order valence-electron chi connectivity index (χ4n) is 3.57. The van der Waals surface area contributed by atoms with Crippen molar-refractivity contribution in [1.82, 2.24) is 0 Å². The Balaban J connectivity index is 2.01. The molecule has 0 atom stereocenters. The second-order valence-electron chi connectivity index (χ2n) is 7.92. The molecule has 0 aliphatic heterocycles. The molecule has 0 unspecified atom stereocenters. The standard InChI is InChI=1S/C26H34O5/c1-2-3-4-5-6-7-8-18-31-24-17-16-22(19-23(24)10-9-11-25(27)28)20-12-14-21(15-13-20)26(29)30/h12-17,19H,2-11,18H2,1H3,(H,27,28)(H,29,30). The fourth-order valence-corrected chi connectivity index (χ4v) is 3.57. The van der Waals surface area contributed by atoms with Gasteiger partial charge in [0.2, 0.25) is 0 Å². The predicted octanol–water partition coefficient (Wildman–Crippen LogP) is 6.59. The fraction of sp³-hybridized carbons (Fsp3) is 0.462. The molecule has 0 bridgehead atoms. The largest absolute Gasteiger partial charge is 0.493 e. The van der Waals surface area contributed by atoms with Crippen molar-refractivity contribution < 1.29 is 24.5 Å². The number of hydrogen-bond donors (Lipinski definition) is 2. The minimum absolute atomic E-state index is 0.120. The van der Waals surface area contributed by atoms with Crippen molar-refractivity contribution in [2.75, 3.05) is 6.61 Å². The summed E-state index contributed by atoms with van der Waals surface area (Å²) >= 11 is 0. The summed E-state index contributed by atoms with van der Waals surface area (Å²) in [5.74, 6) is -0.941. The lowest BCUT2D eigenvalue weighted by molar-refractivity contribution is -0.137. The first-order chi connectivity index (χ1) is 15.0. The predicted molar refractivity (Wildman–Crippen MR) is 123 cm³/mol. The highest BCUT2D eigenvalue weighted by Gasteiger charge is 2.09. The van der Waals surface area contributed by atoms with E-state index in [1.165, 1.54) is 32.1 Å². The summed E-state index contributed by atoms with van der Waals surface area (Å²) in [5.41, 5.74) is 3.12. The van der Waals surface area contributed by atoms with Crippen LogP contribution in [0.2, 0.25) is 0 Å². The third-order valence-electron chi connectivity index (χ3n) is 5.37. The van der Waals surface area contributed by atoms with Gasteiger partial charge >= 0.3 is 11.9 Å². The zero-order valence-corrected chi connectivity index (χ0v) is 18.4. The molecule has 0 fully saturated rings. The van der Waals surface area contributed by atoms with Crippen molar-refractivity contribution in [3.05, 3.63) is 53.6 Å². The smallest absolute Gasteiger partial charge is 0.335 e. The Morgan fingerprint density at radius 3 is 2.10 bits per heavy atom. The van der Waals surface area contributed by atoms with E-state index in [2.05, 4.69) is 6.92 Å². The minimum atomic E-state index is -0.949. The SMILES string of the molecule is CCCCCCCCCOc1ccc(-c2ccc(C(=O)O)cc2)cc1CCCC(=O)O. The van der Waals surface area contributed by atoms with Crippen LogP contribution < -0.4 is 4.74 Å². The van der Waals surface area contributed by atoms with Gasteiger partial charge in [-0.2, -0.15) is 0 Å². The molecule has 0 aromatic heterocycles. The van der Waals surface area contributed by atoms with Crippen LogP contribution >= 0.6 is 0 Å². The van der Waals surface area contributed by atoms with Crippen molar-refractivity contribution in [1.29, 1.82) is 0 Å². The lowest BCUT2D eigenvalue weighted by Gasteiger charge is -2.14. The van der Waals surface area contributed by atoms with E-state index in [1.807, 2.05) is 18.2 Å². The monoisotopic (exact) mass is 426 g/mol. The number of carboxylic acid groups (broad SMARTS) is 2. The zero-order chi connectivity index (χ0) is 22.5. The summed E-state index contributed by atoms with van der Waals surface area (Å²) in [7, 11) is 0. The van der Waals surface area contributed by atoms with Crippen LogP contribution in [0.5, 0.6) is 5.75 Å². The number of hydrogen-bond acceptors (Lipinski definition) is 3. The van der Waals surface area contributed by atoms with Gasteiger partial charge in [0.1, 0.15) is 5.75 Å². The maximum absolute atomic E-state index is 11.1. The van der Waals surface area contributed by atoms with Gasteiger partial charge in [0.15, 0.2) is 0 Å². The first-order valence-corrected chi connectivity index (χ1v) is 11.3. The summed E-state index contributed by atoms with van der Waals surface area (Å²) in [6.07, 6.45) is 9.85. The average molecular weight is 427 g/mol. The van der Waals surface area contributed by atoms with Crippen LogP contribution in [0.3, 0.4) is 0 Å². The molecule has 168 valence electrons. The van der Waals surface area contributed by atoms with Crippen LogP contribution in [0, 0.1) is 0 Å². The molecule has 2 N–H and O–H groups in total. The normalized spacial score (nSPS) is 10.7. The van der Waals surface area contributed by atoms with Gasteiger partial charge in [0.05, 0.1) is 12.2 Å². The second kappa shape index (κ2) is 13.5. The number of carboxylic acids is 2. The molecule has 0 radical (unpaired) electrons. The zero-order valence-electron chi connectivity index (χ0n) is 18.4. The van der Waals surface area contributed by atoms with Gasteiger partial charge in [0, 0.05) is 6.42 Å². The average Bonchev–Trinajstić information content (AvgIpc) is 2.76. The van der Waals surface area contributed by atoms with Gasteiger partial charge in [-0.15, -0.1) is 0 Å². The number of unbranched alkanes of at least 4 members (excludes halogenated alkanes) is 6. The van der Waals surface area contributed by atoms with Crippen LogP contribution in [0.1, 0.15) is 80.6 Å². The van der Waals surface area contributed by atoms with E-state index in [0.29, 0.717) is 19.4 Å². The molecule has 0 saturated heterocycles. The summed E-state index contributed by atoms with van der Waals surface area (Å²) in [5, 5.41) is 18.0. The lowest BCUT2D eigenvalue weighted by atomic mass is 9.98. The van der Waals surface area contributed by atoms with Crippen LogP contribution in [0.25, 0.3) is 11.1 Å². The molecule has 2 aromatic carbocycles. The highest BCUT2D eigenvalue weighted by atomic mass is 16.5. The molecule has 0 heterocycles. The topological polar surface area (TPSA) is 83.8 Å². The van der Waals surface area contributed by atoms with Gasteiger partial charge < -0.3 is 14.9 Å². The summed E-state index contributed by atoms with van der Waals surface area (Å²) in [6, 6.07) is 12.7. The number of aliphatic carboxylic acids is 1. The minimum Gasteiger partial charge on any atom is -0.493 e. The maximum atomic E-state index is 11.1. The quantitative estimate of drug-likeness (QED) is 0.314. The number of rotatable bonds is 15. The Kier molecular flexibility index (Phi) is 10.6. The van der Waals surface area contributed by atoms with Gasteiger partial charge in [-0.1, -0.05) is 63.6 Å². The van der Waals surface area contributed by atoms with E-state index < -0.39 is 11.9 Å². The molecular weight excluding hydrogens is 392 g/mol. The number of benzene rings is 2. The van der Waals surface area contributed by atoms with E-state index in [4.69, 9.17) is 14.9 Å². The van der Waals surface area contributed by atoms with Crippen molar-refractivity contribution in [2.24, 2.45) is 0 Å². The molecule has 2 rings (SSSR count). The van der Waals surface area contributed by atoms with Crippen LogP contribution in [0.4, 0.5) is 0 Å². The van der Waals surface area contributed by atoms with Crippen molar-refractivity contribution in [3.63, 3.8) is 0 Å². The van der Waals surface area contributed by atoms with E-state index in [-0.39, 0.29) is 12.0 Å². The Bertz CT molecular complexity index is 826.